The largest absolute Gasteiger partial charge is 0.493 e. The van der Waals surface area contributed by atoms with Crippen LogP contribution < -0.4 is 14.8 Å². The SMILES string of the molecule is CCCCSc1nc2n(n1)[C@@H](c1ccc(OC)c(OC)c1)C1=C(CCCC1=O)N2. The first kappa shape index (κ1) is 19.8. The lowest BCUT2D eigenvalue weighted by atomic mass is 9.85. The number of fused-ring (bicyclic) bond motifs is 1. The Morgan fingerprint density at radius 1 is 1.24 bits per heavy atom. The van der Waals surface area contributed by atoms with Crippen LogP contribution >= 0.6 is 11.8 Å². The van der Waals surface area contributed by atoms with Gasteiger partial charge in [0.15, 0.2) is 17.3 Å². The van der Waals surface area contributed by atoms with Crippen LogP contribution in [-0.2, 0) is 4.79 Å². The number of hydrogen-bond acceptors (Lipinski definition) is 7. The van der Waals surface area contributed by atoms with E-state index >= 15 is 0 Å². The van der Waals surface area contributed by atoms with Crippen LogP contribution in [0.25, 0.3) is 0 Å². The summed E-state index contributed by atoms with van der Waals surface area (Å²) in [5.74, 6) is 3.13. The van der Waals surface area contributed by atoms with Crippen molar-refractivity contribution >= 4 is 23.5 Å². The van der Waals surface area contributed by atoms with Gasteiger partial charge in [-0.1, -0.05) is 31.2 Å². The molecule has 1 aliphatic carbocycles. The van der Waals surface area contributed by atoms with Gasteiger partial charge in [-0.3, -0.25) is 4.79 Å². The van der Waals surface area contributed by atoms with Crippen molar-refractivity contribution in [1.29, 1.82) is 0 Å². The van der Waals surface area contributed by atoms with E-state index in [9.17, 15) is 4.79 Å². The van der Waals surface area contributed by atoms with Crippen LogP contribution in [0.5, 0.6) is 11.5 Å². The summed E-state index contributed by atoms with van der Waals surface area (Å²) in [6.45, 7) is 2.17. The van der Waals surface area contributed by atoms with Gasteiger partial charge in [-0.2, -0.15) is 4.98 Å². The normalized spacial score (nSPS) is 18.2. The third-order valence-electron chi connectivity index (χ3n) is 5.30. The van der Waals surface area contributed by atoms with E-state index in [0.29, 0.717) is 23.9 Å². The number of anilines is 1. The first-order valence-electron chi connectivity index (χ1n) is 10.0. The molecular formula is C21H26N4O3S. The Bertz CT molecular complexity index is 953. The maximum Gasteiger partial charge on any atom is 0.227 e. The summed E-state index contributed by atoms with van der Waals surface area (Å²) in [6.07, 6.45) is 4.52. The predicted molar refractivity (Wildman–Crippen MR) is 113 cm³/mol. The molecule has 0 radical (unpaired) electrons. The zero-order chi connectivity index (χ0) is 20.4. The molecule has 0 saturated heterocycles. The van der Waals surface area contributed by atoms with Crippen LogP contribution in [0.15, 0.2) is 34.6 Å². The number of ether oxygens (including phenoxy) is 2. The number of rotatable bonds is 7. The van der Waals surface area contributed by atoms with Crippen molar-refractivity contribution < 1.29 is 14.3 Å². The molecule has 1 aliphatic heterocycles. The highest BCUT2D eigenvalue weighted by Crippen LogP contribution is 2.42. The van der Waals surface area contributed by atoms with E-state index in [0.717, 1.165) is 53.4 Å². The van der Waals surface area contributed by atoms with Crippen LogP contribution in [0, 0.1) is 0 Å². The molecule has 0 unspecified atom stereocenters. The number of nitrogens with zero attached hydrogens (tertiary/aromatic N) is 3. The van der Waals surface area contributed by atoms with Gasteiger partial charge in [-0.05, 0) is 37.0 Å². The maximum absolute atomic E-state index is 12.9. The lowest BCUT2D eigenvalue weighted by Gasteiger charge is -2.32. The van der Waals surface area contributed by atoms with Gasteiger partial charge >= 0.3 is 0 Å². The smallest absolute Gasteiger partial charge is 0.227 e. The van der Waals surface area contributed by atoms with Gasteiger partial charge in [0, 0.05) is 23.4 Å². The standard InChI is InChI=1S/C21H26N4O3S/c1-4-5-11-29-21-23-20-22-14-7-6-8-15(26)18(14)19(25(20)24-21)13-9-10-16(27-2)17(12-13)28-3/h9-10,12,19H,4-8,11H2,1-3H3,(H,22,23,24)/t19-/m0/s1. The van der Waals surface area contributed by atoms with Gasteiger partial charge in [0.05, 0.1) is 14.2 Å². The minimum Gasteiger partial charge on any atom is -0.493 e. The quantitative estimate of drug-likeness (QED) is 0.537. The van der Waals surface area contributed by atoms with Crippen molar-refractivity contribution in [3.05, 3.63) is 35.0 Å². The Morgan fingerprint density at radius 2 is 2.07 bits per heavy atom. The third-order valence-corrected chi connectivity index (χ3v) is 6.22. The van der Waals surface area contributed by atoms with Gasteiger partial charge in [-0.15, -0.1) is 5.10 Å². The molecule has 1 aromatic heterocycles. The van der Waals surface area contributed by atoms with Gasteiger partial charge in [-0.25, -0.2) is 4.68 Å². The van der Waals surface area contributed by atoms with Crippen LogP contribution in [0.2, 0.25) is 0 Å². The van der Waals surface area contributed by atoms with Crippen molar-refractivity contribution in [3.63, 3.8) is 0 Å². The fourth-order valence-corrected chi connectivity index (χ4v) is 4.75. The summed E-state index contributed by atoms with van der Waals surface area (Å²) in [5.41, 5.74) is 2.68. The first-order valence-corrected chi connectivity index (χ1v) is 11.0. The zero-order valence-electron chi connectivity index (χ0n) is 17.0. The second kappa shape index (κ2) is 8.49. The number of aromatic nitrogens is 3. The number of unbranched alkanes of at least 4 members (excludes halogenated alkanes) is 1. The minimum atomic E-state index is -0.318. The minimum absolute atomic E-state index is 0.167. The second-order valence-electron chi connectivity index (χ2n) is 7.18. The summed E-state index contributed by atoms with van der Waals surface area (Å²) in [7, 11) is 3.23. The molecule has 2 heterocycles. The van der Waals surface area contributed by atoms with E-state index in [4.69, 9.17) is 19.6 Å². The van der Waals surface area contributed by atoms with E-state index in [1.165, 1.54) is 0 Å². The average molecular weight is 415 g/mol. The molecule has 0 saturated carbocycles. The van der Waals surface area contributed by atoms with Gasteiger partial charge in [0.25, 0.3) is 0 Å². The lowest BCUT2D eigenvalue weighted by Crippen LogP contribution is -2.31. The number of methoxy groups -OCH3 is 2. The molecule has 1 N–H and O–H groups in total. The van der Waals surface area contributed by atoms with Crippen molar-refractivity contribution in [2.45, 2.75) is 50.2 Å². The summed E-state index contributed by atoms with van der Waals surface area (Å²) >= 11 is 1.65. The number of ketones is 1. The summed E-state index contributed by atoms with van der Waals surface area (Å²) in [6, 6.07) is 5.45. The second-order valence-corrected chi connectivity index (χ2v) is 8.24. The van der Waals surface area contributed by atoms with Crippen LogP contribution in [0.4, 0.5) is 5.95 Å². The Hall–Kier alpha value is -2.48. The summed E-state index contributed by atoms with van der Waals surface area (Å²) in [4.78, 5) is 17.6. The topological polar surface area (TPSA) is 78.3 Å². The van der Waals surface area contributed by atoms with E-state index in [1.807, 2.05) is 22.9 Å². The van der Waals surface area contributed by atoms with Crippen molar-refractivity contribution in [2.75, 3.05) is 25.3 Å². The predicted octanol–water partition coefficient (Wildman–Crippen LogP) is 4.21. The van der Waals surface area contributed by atoms with E-state index in [-0.39, 0.29) is 11.8 Å². The van der Waals surface area contributed by atoms with E-state index < -0.39 is 0 Å². The number of carbonyl (C=O) groups excluding carboxylic acids is 1. The molecule has 0 fully saturated rings. The fourth-order valence-electron chi connectivity index (χ4n) is 3.84. The Kier molecular flexibility index (Phi) is 5.80. The molecule has 0 spiro atoms. The highest BCUT2D eigenvalue weighted by molar-refractivity contribution is 7.99. The molecule has 7 nitrogen and oxygen atoms in total. The van der Waals surface area contributed by atoms with E-state index in [2.05, 4.69) is 12.2 Å². The number of carbonyl (C=O) groups is 1. The van der Waals surface area contributed by atoms with Gasteiger partial charge < -0.3 is 14.8 Å². The number of allylic oxidation sites excluding steroid dienone is 2. The molecule has 154 valence electrons. The number of Topliss-reactive ketones (excluding diaryl/α,β-unsaturated/α-hetero) is 1. The molecule has 2 aliphatic rings. The number of benzene rings is 1. The summed E-state index contributed by atoms with van der Waals surface area (Å²) in [5, 5.41) is 8.86. The van der Waals surface area contributed by atoms with E-state index in [1.54, 1.807) is 26.0 Å². The average Bonchev–Trinajstić information content (AvgIpc) is 3.14. The highest BCUT2D eigenvalue weighted by Gasteiger charge is 2.37. The van der Waals surface area contributed by atoms with Gasteiger partial charge in [0.2, 0.25) is 11.1 Å². The first-order chi connectivity index (χ1) is 14.2. The fraction of sp³-hybridized carbons (Fsp3) is 0.476. The lowest BCUT2D eigenvalue weighted by molar-refractivity contribution is -0.116. The molecule has 4 rings (SSSR count). The molecule has 0 amide bonds. The Balaban J connectivity index is 1.79. The zero-order valence-corrected chi connectivity index (χ0v) is 17.8. The maximum atomic E-state index is 12.9. The molecule has 8 heteroatoms. The Morgan fingerprint density at radius 3 is 2.83 bits per heavy atom. The molecular weight excluding hydrogens is 388 g/mol. The van der Waals surface area contributed by atoms with Gasteiger partial charge in [0.1, 0.15) is 6.04 Å². The molecule has 1 atom stereocenters. The van der Waals surface area contributed by atoms with Crippen LogP contribution in [0.3, 0.4) is 0 Å². The monoisotopic (exact) mass is 414 g/mol. The summed E-state index contributed by atoms with van der Waals surface area (Å²) < 4.78 is 12.7. The molecule has 1 aromatic carbocycles. The molecule has 0 bridgehead atoms. The number of hydrogen-bond donors (Lipinski definition) is 1. The molecule has 2 aromatic rings. The third kappa shape index (κ3) is 3.73. The van der Waals surface area contributed by atoms with Crippen LogP contribution in [0.1, 0.15) is 50.6 Å². The Labute approximate surface area is 174 Å². The number of nitrogens with one attached hydrogen (secondary N) is 1. The number of thioether (sulfide) groups is 1. The van der Waals surface area contributed by atoms with Crippen molar-refractivity contribution in [2.24, 2.45) is 0 Å². The van der Waals surface area contributed by atoms with Crippen molar-refractivity contribution in [1.82, 2.24) is 14.8 Å². The highest BCUT2D eigenvalue weighted by atomic mass is 32.2. The van der Waals surface area contributed by atoms with Crippen molar-refractivity contribution in [3.8, 4) is 11.5 Å². The van der Waals surface area contributed by atoms with Crippen LogP contribution in [-0.4, -0.2) is 40.5 Å². The molecule has 29 heavy (non-hydrogen) atoms.